The van der Waals surface area contributed by atoms with Gasteiger partial charge in [0.05, 0.1) is 21.5 Å². The first-order valence-corrected chi connectivity index (χ1v) is 9.83. The molecule has 0 amide bonds. The minimum atomic E-state index is -4.73. The van der Waals surface area contributed by atoms with E-state index in [1.165, 1.54) is 6.92 Å². The zero-order chi connectivity index (χ0) is 20.8. The third kappa shape index (κ3) is 3.79. The van der Waals surface area contributed by atoms with E-state index >= 15 is 0 Å². The molecule has 1 N–H and O–H groups in total. The number of hydrogen-bond acceptors (Lipinski definition) is 6. The first-order valence-electron chi connectivity index (χ1n) is 9.01. The van der Waals surface area contributed by atoms with E-state index in [0.717, 1.165) is 33.8 Å². The molecule has 0 spiro atoms. The van der Waals surface area contributed by atoms with E-state index in [-0.39, 0.29) is 10.8 Å². The minimum Gasteiger partial charge on any atom is -0.303 e. The number of nitrogens with zero attached hydrogens (tertiary/aromatic N) is 5. The molecule has 0 aliphatic carbocycles. The fourth-order valence-electron chi connectivity index (χ4n) is 3.23. The fraction of sp³-hybridized carbons (Fsp3) is 0.389. The van der Waals surface area contributed by atoms with Crippen LogP contribution < -0.4 is 5.56 Å². The number of rotatable bonds is 3. The number of para-hydroxylation sites is 1. The average molecular weight is 424 g/mol. The predicted octanol–water partition coefficient (Wildman–Crippen LogP) is 2.77. The maximum absolute atomic E-state index is 13.7. The molecule has 0 radical (unpaired) electrons. The molecule has 0 saturated carbocycles. The summed E-state index contributed by atoms with van der Waals surface area (Å²) in [6.07, 6.45) is -4.73. The lowest BCUT2D eigenvalue weighted by molar-refractivity contribution is -0.141. The summed E-state index contributed by atoms with van der Waals surface area (Å²) in [6.45, 7) is 4.12. The number of aromatic amines is 1. The summed E-state index contributed by atoms with van der Waals surface area (Å²) in [6, 6.07) is 7.13. The molecule has 7 nitrogen and oxygen atoms in total. The van der Waals surface area contributed by atoms with E-state index in [4.69, 9.17) is 0 Å². The van der Waals surface area contributed by atoms with Crippen molar-refractivity contribution < 1.29 is 13.2 Å². The maximum atomic E-state index is 13.7. The molecule has 1 saturated heterocycles. The summed E-state index contributed by atoms with van der Waals surface area (Å²) in [5, 5.41) is 8.36. The summed E-state index contributed by atoms with van der Waals surface area (Å²) in [4.78, 5) is 19.3. The van der Waals surface area contributed by atoms with E-state index < -0.39 is 23.0 Å². The number of fused-ring (bicyclic) bond motifs is 1. The van der Waals surface area contributed by atoms with Crippen LogP contribution >= 0.6 is 11.3 Å². The molecule has 1 aliphatic heterocycles. The highest BCUT2D eigenvalue weighted by atomic mass is 32.1. The molecule has 0 unspecified atom stereocenters. The zero-order valence-corrected chi connectivity index (χ0v) is 16.6. The highest BCUT2D eigenvalue weighted by Gasteiger charge is 2.39. The molecule has 1 aliphatic rings. The number of likely N-dealkylation sites (N-methyl/N-ethyl adjacent to an activating group) is 1. The van der Waals surface area contributed by atoms with Gasteiger partial charge in [0.15, 0.2) is 5.69 Å². The van der Waals surface area contributed by atoms with E-state index in [1.807, 2.05) is 7.05 Å². The Kier molecular flexibility index (Phi) is 4.95. The van der Waals surface area contributed by atoms with Crippen molar-refractivity contribution in [3.05, 3.63) is 45.9 Å². The Bertz CT molecular complexity index is 1090. The van der Waals surface area contributed by atoms with Gasteiger partial charge in [0.2, 0.25) is 5.13 Å². The first kappa shape index (κ1) is 19.6. The standard InChI is InChI=1S/C18H19F3N6OS/c1-11(23-26-9-7-25(2)8-10-26)14-15(18(19,20)21)24-27(16(14)28)17-22-12-5-3-4-6-13(12)29-17/h3-6,24H,7-10H2,1-2H3. The Morgan fingerprint density at radius 3 is 2.55 bits per heavy atom. The predicted molar refractivity (Wildman–Crippen MR) is 106 cm³/mol. The van der Waals surface area contributed by atoms with E-state index in [0.29, 0.717) is 18.6 Å². The van der Waals surface area contributed by atoms with Crippen molar-refractivity contribution in [2.45, 2.75) is 13.1 Å². The highest BCUT2D eigenvalue weighted by Crippen LogP contribution is 2.31. The van der Waals surface area contributed by atoms with Gasteiger partial charge in [-0.05, 0) is 26.1 Å². The summed E-state index contributed by atoms with van der Waals surface area (Å²) < 4.78 is 42.7. The molecule has 4 rings (SSSR count). The molecule has 11 heteroatoms. The number of benzene rings is 1. The van der Waals surface area contributed by atoms with Crippen molar-refractivity contribution >= 4 is 27.3 Å². The van der Waals surface area contributed by atoms with Gasteiger partial charge >= 0.3 is 6.18 Å². The van der Waals surface area contributed by atoms with Gasteiger partial charge in [-0.15, -0.1) is 0 Å². The van der Waals surface area contributed by atoms with Crippen LogP contribution in [0.25, 0.3) is 15.3 Å². The van der Waals surface area contributed by atoms with Crippen LogP contribution in [-0.4, -0.2) is 63.6 Å². The summed E-state index contributed by atoms with van der Waals surface area (Å²) in [7, 11) is 1.97. The second-order valence-electron chi connectivity index (χ2n) is 6.91. The number of nitrogens with one attached hydrogen (secondary N) is 1. The first-order chi connectivity index (χ1) is 13.7. The van der Waals surface area contributed by atoms with Crippen LogP contribution in [0.15, 0.2) is 34.2 Å². The Hall–Kier alpha value is -2.66. The lowest BCUT2D eigenvalue weighted by Gasteiger charge is -2.30. The molecule has 0 atom stereocenters. The third-order valence-corrected chi connectivity index (χ3v) is 5.80. The Morgan fingerprint density at radius 1 is 1.21 bits per heavy atom. The van der Waals surface area contributed by atoms with Crippen LogP contribution in [0.4, 0.5) is 13.2 Å². The number of aromatic nitrogens is 3. The lowest BCUT2D eigenvalue weighted by Crippen LogP contribution is -2.42. The fourth-order valence-corrected chi connectivity index (χ4v) is 4.15. The smallest absolute Gasteiger partial charge is 0.303 e. The van der Waals surface area contributed by atoms with Gasteiger partial charge in [-0.2, -0.15) is 23.0 Å². The van der Waals surface area contributed by atoms with Gasteiger partial charge in [0.25, 0.3) is 5.56 Å². The van der Waals surface area contributed by atoms with Crippen LogP contribution in [0.5, 0.6) is 0 Å². The van der Waals surface area contributed by atoms with E-state index in [2.05, 4.69) is 20.1 Å². The minimum absolute atomic E-state index is 0.0305. The SMILES string of the molecule is CC(=NN1CCN(C)CC1)c1c(C(F)(F)F)[nH]n(-c2nc3ccccc3s2)c1=O. The van der Waals surface area contributed by atoms with Crippen LogP contribution in [-0.2, 0) is 6.18 Å². The molecule has 154 valence electrons. The van der Waals surface area contributed by atoms with Crippen molar-refractivity contribution in [3.8, 4) is 5.13 Å². The second kappa shape index (κ2) is 7.30. The highest BCUT2D eigenvalue weighted by molar-refractivity contribution is 7.20. The lowest BCUT2D eigenvalue weighted by atomic mass is 10.1. The van der Waals surface area contributed by atoms with Crippen LogP contribution in [0.2, 0.25) is 0 Å². The summed E-state index contributed by atoms with van der Waals surface area (Å²) >= 11 is 1.14. The number of H-pyrrole nitrogens is 1. The summed E-state index contributed by atoms with van der Waals surface area (Å²) in [5.74, 6) is 0. The van der Waals surface area contributed by atoms with Crippen molar-refractivity contribution in [1.29, 1.82) is 0 Å². The number of hydrazone groups is 1. The van der Waals surface area contributed by atoms with Crippen molar-refractivity contribution in [2.24, 2.45) is 5.10 Å². The summed E-state index contributed by atoms with van der Waals surface area (Å²) in [5.41, 5.74) is -1.76. The van der Waals surface area contributed by atoms with Crippen molar-refractivity contribution in [3.63, 3.8) is 0 Å². The van der Waals surface area contributed by atoms with Crippen LogP contribution in [0.3, 0.4) is 0 Å². The molecular weight excluding hydrogens is 405 g/mol. The molecule has 0 bridgehead atoms. The second-order valence-corrected chi connectivity index (χ2v) is 7.92. The topological polar surface area (TPSA) is 69.5 Å². The van der Waals surface area contributed by atoms with Crippen molar-refractivity contribution in [2.75, 3.05) is 33.2 Å². The molecule has 1 fully saturated rings. The van der Waals surface area contributed by atoms with Gasteiger partial charge in [-0.3, -0.25) is 14.9 Å². The number of thiazole rings is 1. The molecule has 3 aromatic rings. The Morgan fingerprint density at radius 2 is 1.90 bits per heavy atom. The Labute approximate surface area is 168 Å². The third-order valence-electron chi connectivity index (χ3n) is 4.78. The average Bonchev–Trinajstić information content (AvgIpc) is 3.24. The zero-order valence-electron chi connectivity index (χ0n) is 15.8. The molecular formula is C18H19F3N6OS. The van der Waals surface area contributed by atoms with E-state index in [1.54, 1.807) is 29.3 Å². The Balaban J connectivity index is 1.80. The molecule has 2 aromatic heterocycles. The van der Waals surface area contributed by atoms with Gasteiger partial charge in [-0.1, -0.05) is 23.5 Å². The number of hydrogen-bond donors (Lipinski definition) is 1. The quantitative estimate of drug-likeness (QED) is 0.657. The van der Waals surface area contributed by atoms with Gasteiger partial charge < -0.3 is 4.90 Å². The van der Waals surface area contributed by atoms with Crippen LogP contribution in [0.1, 0.15) is 18.2 Å². The molecule has 29 heavy (non-hydrogen) atoms. The largest absolute Gasteiger partial charge is 0.433 e. The number of halogens is 3. The van der Waals surface area contributed by atoms with Gasteiger partial charge in [-0.25, -0.2) is 4.98 Å². The maximum Gasteiger partial charge on any atom is 0.433 e. The van der Waals surface area contributed by atoms with Crippen LogP contribution in [0, 0.1) is 0 Å². The van der Waals surface area contributed by atoms with Crippen molar-refractivity contribution in [1.82, 2.24) is 24.7 Å². The molecule has 3 heterocycles. The van der Waals surface area contributed by atoms with Gasteiger partial charge in [0.1, 0.15) is 0 Å². The number of piperazine rings is 1. The van der Waals surface area contributed by atoms with E-state index in [9.17, 15) is 18.0 Å². The molecule has 1 aromatic carbocycles. The van der Waals surface area contributed by atoms with Gasteiger partial charge in [0, 0.05) is 26.2 Å². The monoisotopic (exact) mass is 424 g/mol. The normalized spacial score (nSPS) is 16.7. The number of alkyl halides is 3.